The number of amides is 1. The summed E-state index contributed by atoms with van der Waals surface area (Å²) in [6, 6.07) is 10.4. The molecule has 0 spiro atoms. The van der Waals surface area contributed by atoms with Gasteiger partial charge in [0.15, 0.2) is 9.84 Å². The van der Waals surface area contributed by atoms with Crippen LogP contribution in [0.4, 0.5) is 17.6 Å². The lowest BCUT2D eigenvalue weighted by molar-refractivity contribution is -0.141. The van der Waals surface area contributed by atoms with Crippen molar-refractivity contribution in [3.8, 4) is 11.4 Å². The number of rotatable bonds is 7. The van der Waals surface area contributed by atoms with E-state index in [2.05, 4.69) is 15.3 Å². The van der Waals surface area contributed by atoms with Gasteiger partial charge in [-0.1, -0.05) is 24.3 Å². The molecule has 186 valence electrons. The van der Waals surface area contributed by atoms with Gasteiger partial charge in [0.2, 0.25) is 5.91 Å². The highest BCUT2D eigenvalue weighted by atomic mass is 32.2. The molecule has 2 aromatic heterocycles. The van der Waals surface area contributed by atoms with E-state index in [1.807, 2.05) is 0 Å². The normalized spacial score (nSPS) is 13.8. The number of nitrogens with two attached hydrogens (primary N) is 1. The van der Waals surface area contributed by atoms with Crippen LogP contribution < -0.4 is 11.1 Å². The van der Waals surface area contributed by atoms with Crippen LogP contribution in [0.5, 0.6) is 0 Å². The number of nitrogens with zero attached hydrogens (tertiary/aromatic N) is 2. The molecule has 2 heterocycles. The van der Waals surface area contributed by atoms with Gasteiger partial charge in [-0.15, -0.1) is 0 Å². The summed E-state index contributed by atoms with van der Waals surface area (Å²) in [7, 11) is -3.73. The van der Waals surface area contributed by atoms with Crippen molar-refractivity contribution in [3.05, 3.63) is 82.9 Å². The van der Waals surface area contributed by atoms with E-state index in [0.717, 1.165) is 18.4 Å². The molecular formula is C23H22F4N4O3S. The number of aromatic nitrogens is 2. The smallest absolute Gasteiger partial charge is 0.351 e. The van der Waals surface area contributed by atoms with Crippen LogP contribution in [-0.4, -0.2) is 30.5 Å². The van der Waals surface area contributed by atoms with E-state index in [1.165, 1.54) is 37.4 Å². The molecule has 0 aliphatic carbocycles. The molecule has 0 radical (unpaired) electrons. The molecule has 2 atom stereocenters. The Labute approximate surface area is 199 Å². The fraction of sp³-hybridized carbons (Fsp3) is 0.261. The van der Waals surface area contributed by atoms with Gasteiger partial charge in [0.25, 0.3) is 0 Å². The Morgan fingerprint density at radius 3 is 2.43 bits per heavy atom. The number of pyridine rings is 2. The molecule has 0 fully saturated rings. The van der Waals surface area contributed by atoms with Gasteiger partial charge < -0.3 is 11.1 Å². The molecular weight excluding hydrogens is 488 g/mol. The molecule has 0 aliphatic heterocycles. The number of benzene rings is 1. The summed E-state index contributed by atoms with van der Waals surface area (Å²) in [6.45, 7) is 1.35. The monoisotopic (exact) mass is 510 g/mol. The van der Waals surface area contributed by atoms with Gasteiger partial charge in [-0.3, -0.25) is 9.78 Å². The van der Waals surface area contributed by atoms with E-state index in [9.17, 15) is 30.8 Å². The number of alkyl halides is 3. The van der Waals surface area contributed by atoms with Crippen molar-refractivity contribution < 1.29 is 30.8 Å². The topological polar surface area (TPSA) is 115 Å². The molecule has 2 unspecified atom stereocenters. The first kappa shape index (κ1) is 26.2. The second-order valence-corrected chi connectivity index (χ2v) is 10.1. The van der Waals surface area contributed by atoms with Gasteiger partial charge in [0, 0.05) is 24.6 Å². The minimum absolute atomic E-state index is 0.0291. The Hall–Kier alpha value is -3.38. The van der Waals surface area contributed by atoms with Crippen LogP contribution in [0.2, 0.25) is 0 Å². The molecule has 0 aliphatic rings. The first-order chi connectivity index (χ1) is 16.3. The number of nitrogens with one attached hydrogen (secondary N) is 1. The molecule has 0 saturated heterocycles. The third kappa shape index (κ3) is 6.20. The second kappa shape index (κ2) is 10.1. The summed E-state index contributed by atoms with van der Waals surface area (Å²) in [5.41, 5.74) is 5.01. The number of hydrogen-bond acceptors (Lipinski definition) is 6. The van der Waals surface area contributed by atoms with E-state index in [0.29, 0.717) is 5.56 Å². The van der Waals surface area contributed by atoms with Crippen molar-refractivity contribution in [3.63, 3.8) is 0 Å². The highest BCUT2D eigenvalue weighted by molar-refractivity contribution is 7.90. The Bertz CT molecular complexity index is 1330. The maximum absolute atomic E-state index is 14.5. The van der Waals surface area contributed by atoms with E-state index in [1.54, 1.807) is 12.1 Å². The summed E-state index contributed by atoms with van der Waals surface area (Å²) < 4.78 is 77.2. The van der Waals surface area contributed by atoms with Gasteiger partial charge in [0.1, 0.15) is 16.9 Å². The third-order valence-electron chi connectivity index (χ3n) is 5.32. The highest BCUT2D eigenvalue weighted by Gasteiger charge is 2.33. The van der Waals surface area contributed by atoms with Crippen molar-refractivity contribution in [2.45, 2.75) is 30.9 Å². The Morgan fingerprint density at radius 1 is 1.14 bits per heavy atom. The predicted octanol–water partition coefficient (Wildman–Crippen LogP) is 3.72. The van der Waals surface area contributed by atoms with Crippen LogP contribution in [-0.2, 0) is 27.4 Å². The van der Waals surface area contributed by atoms with E-state index < -0.39 is 44.7 Å². The van der Waals surface area contributed by atoms with Crippen molar-refractivity contribution >= 4 is 15.7 Å². The number of carbonyl (C=O) groups is 1. The molecule has 3 aromatic rings. The molecule has 1 amide bonds. The third-order valence-corrected chi connectivity index (χ3v) is 6.49. The van der Waals surface area contributed by atoms with Crippen molar-refractivity contribution in [2.24, 2.45) is 5.73 Å². The zero-order valence-electron chi connectivity index (χ0n) is 18.7. The number of sulfone groups is 1. The summed E-state index contributed by atoms with van der Waals surface area (Å²) in [5.74, 6) is -2.26. The van der Waals surface area contributed by atoms with Gasteiger partial charge in [-0.05, 0) is 42.3 Å². The number of hydrogen-bond donors (Lipinski definition) is 2. The lowest BCUT2D eigenvalue weighted by Gasteiger charge is -2.17. The van der Waals surface area contributed by atoms with Crippen LogP contribution in [0.3, 0.4) is 0 Å². The van der Waals surface area contributed by atoms with Gasteiger partial charge in [-0.25, -0.2) is 17.8 Å². The first-order valence-corrected chi connectivity index (χ1v) is 12.2. The molecule has 35 heavy (non-hydrogen) atoms. The lowest BCUT2D eigenvalue weighted by Crippen LogP contribution is -2.28. The van der Waals surface area contributed by atoms with Gasteiger partial charge in [0.05, 0.1) is 17.3 Å². The first-order valence-electron chi connectivity index (χ1n) is 10.3. The summed E-state index contributed by atoms with van der Waals surface area (Å²) >= 11 is 0. The largest absolute Gasteiger partial charge is 0.433 e. The number of halogens is 4. The van der Waals surface area contributed by atoms with E-state index in [-0.39, 0.29) is 29.1 Å². The van der Waals surface area contributed by atoms with Crippen molar-refractivity contribution in [1.82, 2.24) is 15.3 Å². The van der Waals surface area contributed by atoms with Crippen molar-refractivity contribution in [1.29, 1.82) is 0 Å². The maximum atomic E-state index is 14.5. The predicted molar refractivity (Wildman–Crippen MR) is 121 cm³/mol. The van der Waals surface area contributed by atoms with Gasteiger partial charge in [-0.2, -0.15) is 13.2 Å². The molecule has 0 saturated carbocycles. The average Bonchev–Trinajstić information content (AvgIpc) is 2.80. The zero-order valence-corrected chi connectivity index (χ0v) is 19.5. The average molecular weight is 511 g/mol. The maximum Gasteiger partial charge on any atom is 0.433 e. The molecule has 1 aromatic carbocycles. The lowest BCUT2D eigenvalue weighted by atomic mass is 9.98. The Balaban J connectivity index is 1.81. The minimum Gasteiger partial charge on any atom is -0.351 e. The Morgan fingerprint density at radius 2 is 1.86 bits per heavy atom. The zero-order chi connectivity index (χ0) is 26.0. The van der Waals surface area contributed by atoms with Gasteiger partial charge >= 0.3 is 6.18 Å². The standard InChI is InChI=1S/C23H22F4N4O3S/c1-13(14-6-8-16(17(24)11-14)21(28)35(2,33)34)22(32)30-12-15-7-9-19(23(25,26)27)31-20(15)18-5-3-4-10-29-18/h3-11,13,21H,12,28H2,1-2H3,(H,30,32). The fourth-order valence-electron chi connectivity index (χ4n) is 3.27. The molecule has 3 rings (SSSR count). The SMILES string of the molecule is CC(C(=O)NCc1ccc(C(F)(F)F)nc1-c1ccccn1)c1ccc(C(N)S(C)(=O)=O)c(F)c1. The van der Waals surface area contributed by atoms with Crippen LogP contribution in [0.1, 0.15) is 40.6 Å². The Kier molecular flexibility index (Phi) is 7.56. The summed E-state index contributed by atoms with van der Waals surface area (Å²) in [5, 5.41) is 1.07. The minimum atomic E-state index is -4.66. The number of carbonyl (C=O) groups excluding carboxylic acids is 1. The highest BCUT2D eigenvalue weighted by Crippen LogP contribution is 2.31. The van der Waals surface area contributed by atoms with Crippen LogP contribution in [0.25, 0.3) is 11.4 Å². The molecule has 7 nitrogen and oxygen atoms in total. The quantitative estimate of drug-likeness (QED) is 0.468. The molecule has 12 heteroatoms. The summed E-state index contributed by atoms with van der Waals surface area (Å²) in [4.78, 5) is 20.5. The van der Waals surface area contributed by atoms with Crippen LogP contribution >= 0.6 is 0 Å². The molecule has 0 bridgehead atoms. The fourth-order valence-corrected chi connectivity index (χ4v) is 3.93. The second-order valence-electron chi connectivity index (χ2n) is 7.89. The summed E-state index contributed by atoms with van der Waals surface area (Å²) in [6.07, 6.45) is -2.36. The van der Waals surface area contributed by atoms with E-state index >= 15 is 0 Å². The van der Waals surface area contributed by atoms with Crippen molar-refractivity contribution in [2.75, 3.05) is 6.26 Å². The van der Waals surface area contributed by atoms with E-state index in [4.69, 9.17) is 5.73 Å². The van der Waals surface area contributed by atoms with Crippen LogP contribution in [0.15, 0.2) is 54.7 Å². The van der Waals surface area contributed by atoms with Crippen LogP contribution in [0, 0.1) is 5.82 Å². The molecule has 3 N–H and O–H groups in total.